The van der Waals surface area contributed by atoms with E-state index in [-0.39, 0.29) is 5.91 Å². The number of anilines is 2. The number of carbonyl (C=O) groups excluding carboxylic acids is 1. The second kappa shape index (κ2) is 5.26. The van der Waals surface area contributed by atoms with Gasteiger partial charge in [-0.05, 0) is 41.1 Å². The van der Waals surface area contributed by atoms with Crippen molar-refractivity contribution < 1.29 is 4.79 Å². The van der Waals surface area contributed by atoms with Gasteiger partial charge in [-0.3, -0.25) is 4.79 Å². The van der Waals surface area contributed by atoms with Gasteiger partial charge in [-0.25, -0.2) is 4.98 Å². The maximum absolute atomic E-state index is 12.0. The van der Waals surface area contributed by atoms with Crippen LogP contribution in [0, 0.1) is 6.92 Å². The van der Waals surface area contributed by atoms with Gasteiger partial charge in [0.15, 0.2) is 5.13 Å². The van der Waals surface area contributed by atoms with Crippen LogP contribution in [0.3, 0.4) is 0 Å². The summed E-state index contributed by atoms with van der Waals surface area (Å²) in [5.41, 5.74) is 6.80. The van der Waals surface area contributed by atoms with E-state index in [0.29, 0.717) is 26.4 Å². The van der Waals surface area contributed by atoms with Gasteiger partial charge in [0.25, 0.3) is 5.91 Å². The highest BCUT2D eigenvalue weighted by Crippen LogP contribution is 2.26. The van der Waals surface area contributed by atoms with Crippen LogP contribution in [0.25, 0.3) is 0 Å². The molecule has 2 aromatic rings. The molecule has 2 rings (SSSR count). The summed E-state index contributed by atoms with van der Waals surface area (Å²) in [5, 5.41) is 3.67. The maximum Gasteiger partial charge on any atom is 0.267 e. The zero-order chi connectivity index (χ0) is 13.3. The van der Waals surface area contributed by atoms with Crippen molar-refractivity contribution in [3.63, 3.8) is 0 Å². The number of nitrogens with two attached hydrogens (primary N) is 1. The van der Waals surface area contributed by atoms with Crippen molar-refractivity contribution in [3.05, 3.63) is 38.3 Å². The molecule has 0 unspecified atom stereocenters. The number of amides is 1. The van der Waals surface area contributed by atoms with Crippen LogP contribution in [-0.4, -0.2) is 10.9 Å². The smallest absolute Gasteiger partial charge is 0.267 e. The van der Waals surface area contributed by atoms with E-state index in [4.69, 9.17) is 17.3 Å². The lowest BCUT2D eigenvalue weighted by Gasteiger charge is -2.05. The van der Waals surface area contributed by atoms with Crippen LogP contribution in [0.4, 0.5) is 10.8 Å². The number of aryl methyl sites for hydroxylation is 1. The van der Waals surface area contributed by atoms with Gasteiger partial charge in [-0.1, -0.05) is 22.9 Å². The topological polar surface area (TPSA) is 68.0 Å². The highest BCUT2D eigenvalue weighted by molar-refractivity contribution is 9.10. The van der Waals surface area contributed by atoms with Gasteiger partial charge in [0.05, 0.1) is 10.7 Å². The Morgan fingerprint density at radius 2 is 2.28 bits per heavy atom. The van der Waals surface area contributed by atoms with Crippen molar-refractivity contribution >= 4 is 55.6 Å². The highest BCUT2D eigenvalue weighted by atomic mass is 79.9. The molecular formula is C11H9BrClN3OS. The monoisotopic (exact) mass is 345 g/mol. The molecule has 0 bridgehead atoms. The molecule has 7 heteroatoms. The van der Waals surface area contributed by atoms with E-state index in [9.17, 15) is 4.79 Å². The molecule has 4 nitrogen and oxygen atoms in total. The molecule has 0 aliphatic heterocycles. The zero-order valence-corrected chi connectivity index (χ0v) is 12.5. The molecule has 0 aliphatic carbocycles. The minimum atomic E-state index is -0.236. The summed E-state index contributed by atoms with van der Waals surface area (Å²) < 4.78 is 0.778. The first-order valence-corrected chi connectivity index (χ1v) is 6.95. The van der Waals surface area contributed by atoms with E-state index in [0.717, 1.165) is 15.8 Å². The molecule has 18 heavy (non-hydrogen) atoms. The summed E-state index contributed by atoms with van der Waals surface area (Å²) in [5.74, 6) is -0.236. The summed E-state index contributed by atoms with van der Waals surface area (Å²) in [6.45, 7) is 1.75. The summed E-state index contributed by atoms with van der Waals surface area (Å²) in [6.07, 6.45) is 0. The Balaban J connectivity index is 2.21. The quantitative estimate of drug-likeness (QED) is 0.871. The van der Waals surface area contributed by atoms with Crippen molar-refractivity contribution in [1.29, 1.82) is 0 Å². The summed E-state index contributed by atoms with van der Waals surface area (Å²) in [7, 11) is 0. The minimum Gasteiger partial charge on any atom is -0.375 e. The number of hydrogen-bond acceptors (Lipinski definition) is 4. The Kier molecular flexibility index (Phi) is 3.89. The lowest BCUT2D eigenvalue weighted by molar-refractivity contribution is 0.103. The van der Waals surface area contributed by atoms with Crippen molar-refractivity contribution in [3.8, 4) is 0 Å². The standard InChI is InChI=1S/C11H9BrClN3OS/c1-5-9(18-11(14)15-5)10(17)16-6-2-3-7(12)8(13)4-6/h2-4H,1H3,(H2,14,15)(H,16,17). The molecule has 1 heterocycles. The van der Waals surface area contributed by atoms with Gasteiger partial charge in [-0.2, -0.15) is 0 Å². The van der Waals surface area contributed by atoms with Gasteiger partial charge in [0, 0.05) is 10.2 Å². The molecular weight excluding hydrogens is 338 g/mol. The van der Waals surface area contributed by atoms with Crippen molar-refractivity contribution in [2.24, 2.45) is 0 Å². The average molecular weight is 347 g/mol. The number of halogens is 2. The van der Waals surface area contributed by atoms with Crippen LogP contribution in [0.2, 0.25) is 5.02 Å². The molecule has 0 radical (unpaired) electrons. The molecule has 0 saturated heterocycles. The normalized spacial score (nSPS) is 10.4. The maximum atomic E-state index is 12.0. The third kappa shape index (κ3) is 2.82. The lowest BCUT2D eigenvalue weighted by Crippen LogP contribution is -2.11. The molecule has 0 atom stereocenters. The van der Waals surface area contributed by atoms with E-state index < -0.39 is 0 Å². The van der Waals surface area contributed by atoms with Crippen molar-refractivity contribution in [2.75, 3.05) is 11.1 Å². The number of nitrogens with one attached hydrogen (secondary N) is 1. The third-order valence-corrected chi connectivity index (χ3v) is 4.41. The first kappa shape index (κ1) is 13.3. The number of carbonyl (C=O) groups is 1. The fourth-order valence-electron chi connectivity index (χ4n) is 1.39. The number of thiazole rings is 1. The number of rotatable bonds is 2. The molecule has 0 spiro atoms. The largest absolute Gasteiger partial charge is 0.375 e. The van der Waals surface area contributed by atoms with E-state index in [1.54, 1.807) is 25.1 Å². The summed E-state index contributed by atoms with van der Waals surface area (Å²) >= 11 is 10.4. The second-order valence-corrected chi connectivity index (χ2v) is 5.84. The first-order valence-electron chi connectivity index (χ1n) is 4.96. The molecule has 3 N–H and O–H groups in total. The summed E-state index contributed by atoms with van der Waals surface area (Å²) in [6, 6.07) is 5.20. The Morgan fingerprint density at radius 3 is 2.83 bits per heavy atom. The number of hydrogen-bond donors (Lipinski definition) is 2. The fourth-order valence-corrected chi connectivity index (χ4v) is 2.55. The van der Waals surface area contributed by atoms with Crippen LogP contribution in [0.5, 0.6) is 0 Å². The van der Waals surface area contributed by atoms with Crippen LogP contribution in [0.1, 0.15) is 15.4 Å². The molecule has 1 amide bonds. The minimum absolute atomic E-state index is 0.236. The first-order chi connectivity index (χ1) is 8.47. The number of nitrogen functional groups attached to an aromatic ring is 1. The summed E-state index contributed by atoms with van der Waals surface area (Å²) in [4.78, 5) is 16.5. The van der Waals surface area contributed by atoms with Crippen molar-refractivity contribution in [2.45, 2.75) is 6.92 Å². The highest BCUT2D eigenvalue weighted by Gasteiger charge is 2.14. The van der Waals surface area contributed by atoms with Crippen LogP contribution < -0.4 is 11.1 Å². The van der Waals surface area contributed by atoms with E-state index in [2.05, 4.69) is 26.2 Å². The molecule has 0 fully saturated rings. The van der Waals surface area contributed by atoms with Gasteiger partial charge in [0.1, 0.15) is 4.88 Å². The average Bonchev–Trinajstić information content (AvgIpc) is 2.63. The number of nitrogens with zero attached hydrogens (tertiary/aromatic N) is 1. The second-order valence-electron chi connectivity index (χ2n) is 3.55. The molecule has 0 saturated carbocycles. The fraction of sp³-hybridized carbons (Fsp3) is 0.0909. The Morgan fingerprint density at radius 1 is 1.56 bits per heavy atom. The Hall–Kier alpha value is -1.11. The Bertz CT molecular complexity index is 614. The van der Waals surface area contributed by atoms with Gasteiger partial charge in [0.2, 0.25) is 0 Å². The van der Waals surface area contributed by atoms with Gasteiger partial charge < -0.3 is 11.1 Å². The Labute approximate surface area is 121 Å². The molecule has 0 aliphatic rings. The predicted octanol–water partition coefficient (Wildman–Crippen LogP) is 3.70. The number of benzene rings is 1. The third-order valence-electron chi connectivity index (χ3n) is 2.20. The zero-order valence-electron chi connectivity index (χ0n) is 9.33. The van der Waals surface area contributed by atoms with Gasteiger partial charge in [-0.15, -0.1) is 0 Å². The SMILES string of the molecule is Cc1nc(N)sc1C(=O)Nc1ccc(Br)c(Cl)c1. The van der Waals surface area contributed by atoms with E-state index >= 15 is 0 Å². The predicted molar refractivity (Wildman–Crippen MR) is 78.4 cm³/mol. The lowest BCUT2D eigenvalue weighted by atomic mass is 10.3. The molecule has 1 aromatic heterocycles. The molecule has 1 aromatic carbocycles. The van der Waals surface area contributed by atoms with Crippen molar-refractivity contribution in [1.82, 2.24) is 4.98 Å². The van der Waals surface area contributed by atoms with Crippen LogP contribution in [-0.2, 0) is 0 Å². The van der Waals surface area contributed by atoms with E-state index in [1.807, 2.05) is 0 Å². The van der Waals surface area contributed by atoms with Gasteiger partial charge >= 0.3 is 0 Å². The van der Waals surface area contributed by atoms with Crippen LogP contribution in [0.15, 0.2) is 22.7 Å². The molecule has 94 valence electrons. The van der Waals surface area contributed by atoms with E-state index in [1.165, 1.54) is 0 Å². The van der Waals surface area contributed by atoms with Crippen LogP contribution >= 0.6 is 38.9 Å². The number of aromatic nitrogens is 1.